The Morgan fingerprint density at radius 2 is 1.36 bits per heavy atom. The molecule has 0 radical (unpaired) electrons. The highest BCUT2D eigenvalue weighted by Gasteiger charge is 2.36. The molecular formula is C31H33Cl4N9O6. The van der Waals surface area contributed by atoms with Crippen molar-refractivity contribution < 1.29 is 28.6 Å². The van der Waals surface area contributed by atoms with Crippen molar-refractivity contribution in [1.29, 1.82) is 0 Å². The minimum absolute atomic E-state index is 0.0225. The highest BCUT2D eigenvalue weighted by Crippen LogP contribution is 2.33. The first-order valence-corrected chi connectivity index (χ1v) is 17.1. The number of imidazole rings is 2. The van der Waals surface area contributed by atoms with E-state index < -0.39 is 23.9 Å². The first-order chi connectivity index (χ1) is 23.7. The molecular weight excluding hydrogens is 736 g/mol. The Kier molecular flexibility index (Phi) is 11.5. The van der Waals surface area contributed by atoms with Crippen molar-refractivity contribution in [2.45, 2.75) is 83.7 Å². The van der Waals surface area contributed by atoms with Gasteiger partial charge in [0.15, 0.2) is 21.6 Å². The summed E-state index contributed by atoms with van der Waals surface area (Å²) in [6, 6.07) is -0.671. The van der Waals surface area contributed by atoms with Gasteiger partial charge in [-0.05, 0) is 63.4 Å². The molecule has 0 unspecified atom stereocenters. The lowest BCUT2D eigenvalue weighted by molar-refractivity contribution is -0.131. The topological polar surface area (TPSA) is 169 Å². The Labute approximate surface area is 306 Å². The van der Waals surface area contributed by atoms with Crippen molar-refractivity contribution in [3.8, 4) is 0 Å². The number of hydrogen-bond acceptors (Lipinski definition) is 12. The van der Waals surface area contributed by atoms with E-state index >= 15 is 0 Å². The summed E-state index contributed by atoms with van der Waals surface area (Å²) in [6.07, 6.45) is 10.2. The van der Waals surface area contributed by atoms with Crippen LogP contribution in [0, 0.1) is 0 Å². The molecule has 6 rings (SSSR count). The third kappa shape index (κ3) is 8.45. The monoisotopic (exact) mass is 767 g/mol. The SMILES string of the molecule is CCC(=O)N(C(=O)OC(C)(C)C)[C@@H]1C=C[C@H](n2cnc3c(Cl)nc(Cl)nc32)C1.CCOC(=O)O[C@@H]1C=C[C@H](n2cnc3c(Cl)nc(Cl)nc32)C1. The largest absolute Gasteiger partial charge is 0.508 e. The molecule has 0 spiro atoms. The number of rotatable bonds is 6. The molecule has 0 saturated carbocycles. The van der Waals surface area contributed by atoms with E-state index in [2.05, 4.69) is 29.9 Å². The maximum absolute atomic E-state index is 12.6. The van der Waals surface area contributed by atoms with E-state index in [9.17, 15) is 14.4 Å². The van der Waals surface area contributed by atoms with Gasteiger partial charge in [-0.2, -0.15) is 9.97 Å². The number of imide groups is 1. The Hall–Kier alpha value is -4.05. The number of halogens is 4. The van der Waals surface area contributed by atoms with Crippen LogP contribution in [0.25, 0.3) is 22.3 Å². The van der Waals surface area contributed by atoms with E-state index in [1.54, 1.807) is 57.9 Å². The second kappa shape index (κ2) is 15.5. The number of aromatic nitrogens is 8. The molecule has 2 amide bonds. The van der Waals surface area contributed by atoms with Crippen LogP contribution in [0.3, 0.4) is 0 Å². The first-order valence-electron chi connectivity index (χ1n) is 15.5. The number of amides is 2. The van der Waals surface area contributed by atoms with Crippen LogP contribution in [0.5, 0.6) is 0 Å². The second-order valence-corrected chi connectivity index (χ2v) is 13.5. The quantitative estimate of drug-likeness (QED) is 0.0828. The van der Waals surface area contributed by atoms with E-state index in [0.717, 1.165) is 0 Å². The zero-order valence-corrected chi connectivity index (χ0v) is 30.6. The fourth-order valence-corrected chi connectivity index (χ4v) is 6.22. The minimum atomic E-state index is -0.698. The molecule has 4 atom stereocenters. The zero-order chi connectivity index (χ0) is 36.3. The zero-order valence-electron chi connectivity index (χ0n) is 27.6. The molecule has 15 nitrogen and oxygen atoms in total. The van der Waals surface area contributed by atoms with E-state index in [0.29, 0.717) is 35.2 Å². The third-order valence-electron chi connectivity index (χ3n) is 7.48. The summed E-state index contributed by atoms with van der Waals surface area (Å²) in [7, 11) is 0. The van der Waals surface area contributed by atoms with Gasteiger partial charge in [0, 0.05) is 12.8 Å². The van der Waals surface area contributed by atoms with E-state index in [1.807, 2.05) is 22.8 Å². The smallest absolute Gasteiger partial charge is 0.443 e. The van der Waals surface area contributed by atoms with Crippen molar-refractivity contribution in [2.75, 3.05) is 6.61 Å². The molecule has 0 bridgehead atoms. The molecule has 2 aliphatic rings. The number of ether oxygens (including phenoxy) is 3. The minimum Gasteiger partial charge on any atom is -0.443 e. The Morgan fingerprint density at radius 1 is 0.820 bits per heavy atom. The van der Waals surface area contributed by atoms with Crippen LogP contribution in [0.2, 0.25) is 20.9 Å². The molecule has 0 N–H and O–H groups in total. The average molecular weight is 769 g/mol. The van der Waals surface area contributed by atoms with Gasteiger partial charge < -0.3 is 23.3 Å². The van der Waals surface area contributed by atoms with E-state index in [-0.39, 0.29) is 58.0 Å². The van der Waals surface area contributed by atoms with Crippen LogP contribution in [0.1, 0.15) is 66.0 Å². The third-order valence-corrected chi connectivity index (χ3v) is 8.35. The molecule has 50 heavy (non-hydrogen) atoms. The summed E-state index contributed by atoms with van der Waals surface area (Å²) in [5.74, 6) is -0.298. The lowest BCUT2D eigenvalue weighted by Crippen LogP contribution is -2.45. The predicted octanol–water partition coefficient (Wildman–Crippen LogP) is 7.35. The summed E-state index contributed by atoms with van der Waals surface area (Å²) in [6.45, 7) is 8.99. The maximum atomic E-state index is 12.6. The summed E-state index contributed by atoms with van der Waals surface area (Å²) in [4.78, 5) is 62.1. The predicted molar refractivity (Wildman–Crippen MR) is 185 cm³/mol. The van der Waals surface area contributed by atoms with E-state index in [4.69, 9.17) is 60.6 Å². The standard InChI is InChI=1S/C18H21Cl2N5O3.C13H12Cl2N4O3/c1-5-12(26)25(17(27)28-18(2,3)4)11-7-6-10(8-11)24-9-21-13-14(19)22-16(20)23-15(13)24;1-2-21-13(20)22-8-4-3-7(5-8)19-6-16-9-10(14)17-12(15)18-11(9)19/h6-7,9-11H,5,8H2,1-4H3;3-4,6-8H,2,5H2,1H3/t10-,11+;7-,8+/m00/s1. The van der Waals surface area contributed by atoms with Crippen LogP contribution in [0.15, 0.2) is 37.0 Å². The van der Waals surface area contributed by atoms with Gasteiger partial charge in [-0.25, -0.2) is 34.4 Å². The number of hydrogen-bond donors (Lipinski definition) is 0. The summed E-state index contributed by atoms with van der Waals surface area (Å²) in [5, 5.41) is 0.453. The van der Waals surface area contributed by atoms with Crippen molar-refractivity contribution in [3.63, 3.8) is 0 Å². The molecule has 0 aromatic carbocycles. The van der Waals surface area contributed by atoms with Crippen LogP contribution in [0.4, 0.5) is 9.59 Å². The van der Waals surface area contributed by atoms with Gasteiger partial charge in [-0.15, -0.1) is 0 Å². The lowest BCUT2D eigenvalue weighted by Gasteiger charge is -2.29. The molecule has 0 fully saturated rings. The van der Waals surface area contributed by atoms with Gasteiger partial charge in [-0.3, -0.25) is 4.79 Å². The Morgan fingerprint density at radius 3 is 1.88 bits per heavy atom. The molecule has 0 aliphatic heterocycles. The number of fused-ring (bicyclic) bond motifs is 2. The number of allylic oxidation sites excluding steroid dienone is 2. The van der Waals surface area contributed by atoms with Gasteiger partial charge in [0.25, 0.3) is 0 Å². The van der Waals surface area contributed by atoms with Gasteiger partial charge in [0.1, 0.15) is 22.7 Å². The van der Waals surface area contributed by atoms with Gasteiger partial charge in [0.05, 0.1) is 37.4 Å². The van der Waals surface area contributed by atoms with Crippen molar-refractivity contribution in [3.05, 3.63) is 57.8 Å². The number of carbonyl (C=O) groups is 3. The molecule has 2 aliphatic carbocycles. The molecule has 4 aromatic heterocycles. The molecule has 4 heterocycles. The van der Waals surface area contributed by atoms with Crippen LogP contribution >= 0.6 is 46.4 Å². The Balaban J connectivity index is 0.000000200. The molecule has 266 valence electrons. The van der Waals surface area contributed by atoms with Gasteiger partial charge in [-0.1, -0.05) is 48.4 Å². The second-order valence-electron chi connectivity index (χ2n) is 12.1. The molecule has 4 aromatic rings. The average Bonchev–Trinajstić information content (AvgIpc) is 3.83. The summed E-state index contributed by atoms with van der Waals surface area (Å²) in [5.41, 5.74) is 1.25. The van der Waals surface area contributed by atoms with Crippen molar-refractivity contribution in [1.82, 2.24) is 43.9 Å². The van der Waals surface area contributed by atoms with Crippen molar-refractivity contribution >= 4 is 86.9 Å². The highest BCUT2D eigenvalue weighted by atomic mass is 35.5. The fourth-order valence-electron chi connectivity index (χ4n) is 5.38. The normalized spacial score (nSPS) is 19.8. The summed E-state index contributed by atoms with van der Waals surface area (Å²) < 4.78 is 19.0. The van der Waals surface area contributed by atoms with Crippen LogP contribution in [-0.2, 0) is 19.0 Å². The number of nitrogens with zero attached hydrogens (tertiary/aromatic N) is 9. The molecule has 19 heteroatoms. The van der Waals surface area contributed by atoms with Crippen LogP contribution < -0.4 is 0 Å². The van der Waals surface area contributed by atoms with Crippen LogP contribution in [-0.4, -0.2) is 86.4 Å². The van der Waals surface area contributed by atoms with E-state index in [1.165, 1.54) is 4.90 Å². The fraction of sp³-hybridized carbons (Fsp3) is 0.452. The first kappa shape index (κ1) is 37.2. The summed E-state index contributed by atoms with van der Waals surface area (Å²) >= 11 is 23.8. The Bertz CT molecular complexity index is 1970. The number of carbonyl (C=O) groups excluding carboxylic acids is 3. The van der Waals surface area contributed by atoms with Crippen molar-refractivity contribution in [2.24, 2.45) is 0 Å². The lowest BCUT2D eigenvalue weighted by atomic mass is 10.1. The van der Waals surface area contributed by atoms with Gasteiger partial charge >= 0.3 is 12.2 Å². The highest BCUT2D eigenvalue weighted by molar-refractivity contribution is 6.35. The van der Waals surface area contributed by atoms with Gasteiger partial charge in [0.2, 0.25) is 16.5 Å². The molecule has 0 saturated heterocycles. The maximum Gasteiger partial charge on any atom is 0.508 e.